The predicted octanol–water partition coefficient (Wildman–Crippen LogP) is 4.76. The highest BCUT2D eigenvalue weighted by Gasteiger charge is 2.05. The maximum atomic E-state index is 12.9. The van der Waals surface area contributed by atoms with Crippen molar-refractivity contribution < 1.29 is 4.39 Å². The molecule has 0 aromatic carbocycles. The third-order valence-corrected chi connectivity index (χ3v) is 2.34. The smallest absolute Gasteiger partial charge is 0.142 e. The summed E-state index contributed by atoms with van der Waals surface area (Å²) in [6.07, 6.45) is 10.5. The average molecular weight is 233 g/mol. The van der Waals surface area contributed by atoms with Crippen LogP contribution in [-0.4, -0.2) is 4.98 Å². The SMILES string of the molecule is CC1=CC(c2cncc(F)c2)=CCC1.CCC. The standard InChI is InChI=1S/C12H12FN.C3H8/c1-9-3-2-4-10(5-9)11-6-12(13)8-14-7-11;1-3-2/h4-8H,2-3H2,1H3;3H2,1-2H3. The first-order valence-electron chi connectivity index (χ1n) is 6.15. The van der Waals surface area contributed by atoms with E-state index in [1.807, 2.05) is 0 Å². The molecule has 92 valence electrons. The van der Waals surface area contributed by atoms with Crippen molar-refractivity contribution in [3.63, 3.8) is 0 Å². The van der Waals surface area contributed by atoms with Crippen LogP contribution in [0.1, 0.15) is 45.6 Å². The van der Waals surface area contributed by atoms with Crippen molar-refractivity contribution in [3.05, 3.63) is 47.6 Å². The number of allylic oxidation sites excluding steroid dienone is 4. The molecular weight excluding hydrogens is 213 g/mol. The number of nitrogens with zero attached hydrogens (tertiary/aromatic N) is 1. The largest absolute Gasteiger partial charge is 0.261 e. The lowest BCUT2D eigenvalue weighted by Gasteiger charge is -2.10. The van der Waals surface area contributed by atoms with Crippen LogP contribution < -0.4 is 0 Å². The zero-order valence-corrected chi connectivity index (χ0v) is 10.8. The molecule has 0 unspecified atom stereocenters. The summed E-state index contributed by atoms with van der Waals surface area (Å²) in [5.41, 5.74) is 3.29. The molecule has 0 bridgehead atoms. The molecule has 2 heteroatoms. The Kier molecular flexibility index (Phi) is 5.61. The monoisotopic (exact) mass is 233 g/mol. The van der Waals surface area contributed by atoms with Crippen LogP contribution in [0.2, 0.25) is 0 Å². The third kappa shape index (κ3) is 4.51. The number of aromatic nitrogens is 1. The van der Waals surface area contributed by atoms with E-state index in [1.54, 1.807) is 6.20 Å². The normalized spacial score (nSPS) is 14.4. The molecule has 1 aromatic rings. The molecule has 0 saturated heterocycles. The summed E-state index contributed by atoms with van der Waals surface area (Å²) in [7, 11) is 0. The fourth-order valence-corrected chi connectivity index (χ4v) is 1.62. The van der Waals surface area contributed by atoms with Gasteiger partial charge in [0, 0.05) is 11.8 Å². The van der Waals surface area contributed by atoms with Crippen molar-refractivity contribution in [2.45, 2.75) is 40.0 Å². The molecule has 0 fully saturated rings. The van der Waals surface area contributed by atoms with Crippen LogP contribution in [0.4, 0.5) is 4.39 Å². The molecule has 0 N–H and O–H groups in total. The van der Waals surface area contributed by atoms with E-state index in [-0.39, 0.29) is 5.82 Å². The molecule has 0 spiro atoms. The Bertz CT molecular complexity index is 419. The Hall–Kier alpha value is -1.44. The fraction of sp³-hybridized carbons (Fsp3) is 0.400. The highest BCUT2D eigenvalue weighted by atomic mass is 19.1. The van der Waals surface area contributed by atoms with Gasteiger partial charge < -0.3 is 0 Å². The number of hydrogen-bond acceptors (Lipinski definition) is 1. The second-order valence-electron chi connectivity index (χ2n) is 4.29. The van der Waals surface area contributed by atoms with Gasteiger partial charge in [0.15, 0.2) is 0 Å². The maximum Gasteiger partial charge on any atom is 0.142 e. The second kappa shape index (κ2) is 7.00. The van der Waals surface area contributed by atoms with Gasteiger partial charge in [-0.3, -0.25) is 4.98 Å². The highest BCUT2D eigenvalue weighted by molar-refractivity contribution is 5.75. The van der Waals surface area contributed by atoms with Crippen molar-refractivity contribution in [3.8, 4) is 0 Å². The van der Waals surface area contributed by atoms with Crippen molar-refractivity contribution in [2.24, 2.45) is 0 Å². The van der Waals surface area contributed by atoms with Gasteiger partial charge in [-0.1, -0.05) is 38.0 Å². The zero-order valence-electron chi connectivity index (χ0n) is 10.8. The Labute approximate surface area is 103 Å². The number of rotatable bonds is 1. The van der Waals surface area contributed by atoms with Crippen LogP contribution in [0.3, 0.4) is 0 Å². The molecule has 0 aliphatic heterocycles. The molecule has 2 rings (SSSR count). The van der Waals surface area contributed by atoms with Crippen LogP contribution in [0, 0.1) is 5.82 Å². The second-order valence-corrected chi connectivity index (χ2v) is 4.29. The van der Waals surface area contributed by atoms with E-state index in [1.165, 1.54) is 24.3 Å². The van der Waals surface area contributed by atoms with Crippen LogP contribution in [-0.2, 0) is 0 Å². The topological polar surface area (TPSA) is 12.9 Å². The van der Waals surface area contributed by atoms with Crippen LogP contribution in [0.15, 0.2) is 36.2 Å². The van der Waals surface area contributed by atoms with Gasteiger partial charge >= 0.3 is 0 Å². The van der Waals surface area contributed by atoms with Crippen LogP contribution >= 0.6 is 0 Å². The first kappa shape index (κ1) is 13.6. The fourth-order valence-electron chi connectivity index (χ4n) is 1.62. The maximum absolute atomic E-state index is 12.9. The zero-order chi connectivity index (χ0) is 12.7. The van der Waals surface area contributed by atoms with Crippen molar-refractivity contribution >= 4 is 5.57 Å². The summed E-state index contributed by atoms with van der Waals surface area (Å²) in [5, 5.41) is 0. The molecular formula is C15H20FN. The van der Waals surface area contributed by atoms with Crippen molar-refractivity contribution in [2.75, 3.05) is 0 Å². The first-order valence-corrected chi connectivity index (χ1v) is 6.15. The van der Waals surface area contributed by atoms with Gasteiger partial charge in [0.1, 0.15) is 5.82 Å². The summed E-state index contributed by atoms with van der Waals surface area (Å²) in [6.45, 7) is 6.35. The molecule has 1 aliphatic carbocycles. The molecule has 0 amide bonds. The van der Waals surface area contributed by atoms with Crippen LogP contribution in [0.25, 0.3) is 5.57 Å². The lowest BCUT2D eigenvalue weighted by molar-refractivity contribution is 0.621. The summed E-state index contributed by atoms with van der Waals surface area (Å²) in [6, 6.07) is 1.52. The van der Waals surface area contributed by atoms with E-state index < -0.39 is 0 Å². The minimum Gasteiger partial charge on any atom is -0.261 e. The third-order valence-electron chi connectivity index (χ3n) is 2.34. The lowest BCUT2D eigenvalue weighted by atomic mass is 9.96. The van der Waals surface area contributed by atoms with Gasteiger partial charge in [0.2, 0.25) is 0 Å². The molecule has 1 nitrogen and oxygen atoms in total. The number of hydrogen-bond donors (Lipinski definition) is 0. The van der Waals surface area contributed by atoms with E-state index in [9.17, 15) is 4.39 Å². The summed E-state index contributed by atoms with van der Waals surface area (Å²) >= 11 is 0. The molecule has 1 heterocycles. The Morgan fingerprint density at radius 2 is 2.00 bits per heavy atom. The quantitative estimate of drug-likeness (QED) is 0.681. The van der Waals surface area contributed by atoms with E-state index in [0.29, 0.717) is 0 Å². The number of pyridine rings is 1. The average Bonchev–Trinajstić information content (AvgIpc) is 2.30. The van der Waals surface area contributed by atoms with Gasteiger partial charge in [-0.25, -0.2) is 4.39 Å². The van der Waals surface area contributed by atoms with Crippen molar-refractivity contribution in [1.29, 1.82) is 0 Å². The van der Waals surface area contributed by atoms with Gasteiger partial charge in [0.05, 0.1) is 6.20 Å². The van der Waals surface area contributed by atoms with Gasteiger partial charge in [-0.05, 0) is 31.4 Å². The Morgan fingerprint density at radius 1 is 1.29 bits per heavy atom. The van der Waals surface area contributed by atoms with E-state index in [0.717, 1.165) is 24.0 Å². The molecule has 0 radical (unpaired) electrons. The molecule has 1 aromatic heterocycles. The van der Waals surface area contributed by atoms with Crippen LogP contribution in [0.5, 0.6) is 0 Å². The minimum atomic E-state index is -0.278. The Balaban J connectivity index is 0.000000437. The van der Waals surface area contributed by atoms with Gasteiger partial charge in [-0.2, -0.15) is 0 Å². The molecule has 1 aliphatic rings. The first-order chi connectivity index (χ1) is 8.17. The highest BCUT2D eigenvalue weighted by Crippen LogP contribution is 2.24. The Morgan fingerprint density at radius 3 is 2.59 bits per heavy atom. The van der Waals surface area contributed by atoms with E-state index in [4.69, 9.17) is 0 Å². The number of halogens is 1. The van der Waals surface area contributed by atoms with E-state index in [2.05, 4.69) is 37.9 Å². The van der Waals surface area contributed by atoms with Gasteiger partial charge in [-0.15, -0.1) is 0 Å². The predicted molar refractivity (Wildman–Crippen MR) is 71.1 cm³/mol. The van der Waals surface area contributed by atoms with E-state index >= 15 is 0 Å². The summed E-state index contributed by atoms with van der Waals surface area (Å²) in [5.74, 6) is -0.278. The summed E-state index contributed by atoms with van der Waals surface area (Å²) in [4.78, 5) is 3.84. The molecule has 17 heavy (non-hydrogen) atoms. The van der Waals surface area contributed by atoms with Gasteiger partial charge in [0.25, 0.3) is 0 Å². The molecule has 0 atom stereocenters. The minimum absolute atomic E-state index is 0.278. The lowest BCUT2D eigenvalue weighted by Crippen LogP contribution is -1.91. The van der Waals surface area contributed by atoms with Crippen molar-refractivity contribution in [1.82, 2.24) is 4.98 Å². The molecule has 0 saturated carbocycles. The summed E-state index contributed by atoms with van der Waals surface area (Å²) < 4.78 is 12.9.